The maximum absolute atomic E-state index is 5.59. The van der Waals surface area contributed by atoms with Gasteiger partial charge in [-0.1, -0.05) is 67.6 Å². The summed E-state index contributed by atoms with van der Waals surface area (Å²) in [6.07, 6.45) is 15.3. The molecular formula is C23H21S+. The van der Waals surface area contributed by atoms with E-state index in [2.05, 4.69) is 67.6 Å². The molecule has 0 aliphatic carbocycles. The van der Waals surface area contributed by atoms with Gasteiger partial charge >= 0.3 is 0 Å². The van der Waals surface area contributed by atoms with Gasteiger partial charge in [0, 0.05) is 11.6 Å². The maximum Gasteiger partial charge on any atom is 0.174 e. The lowest BCUT2D eigenvalue weighted by Gasteiger charge is -2.12. The van der Waals surface area contributed by atoms with Crippen LogP contribution in [0.4, 0.5) is 0 Å². The number of hydrogen-bond donors (Lipinski definition) is 0. The molecule has 0 saturated heterocycles. The lowest BCUT2D eigenvalue weighted by Crippen LogP contribution is -2.08. The van der Waals surface area contributed by atoms with Crippen LogP contribution in [0.1, 0.15) is 18.1 Å². The highest BCUT2D eigenvalue weighted by molar-refractivity contribution is 8.01. The van der Waals surface area contributed by atoms with Crippen molar-refractivity contribution in [1.82, 2.24) is 0 Å². The molecule has 118 valence electrons. The minimum Gasteiger partial charge on any atom is -0.115 e. The van der Waals surface area contributed by atoms with Gasteiger partial charge < -0.3 is 0 Å². The SMILES string of the molecule is C#C/C=C(\C=C/C)[S+](c1ccccc1)c1cccc(C=C)c1C=C. The van der Waals surface area contributed by atoms with Gasteiger partial charge in [0.05, 0.1) is 0 Å². The molecule has 0 spiro atoms. The van der Waals surface area contributed by atoms with Gasteiger partial charge in [-0.25, -0.2) is 0 Å². The van der Waals surface area contributed by atoms with Crippen molar-refractivity contribution >= 4 is 23.0 Å². The quantitative estimate of drug-likeness (QED) is 0.341. The van der Waals surface area contributed by atoms with Crippen molar-refractivity contribution < 1.29 is 0 Å². The van der Waals surface area contributed by atoms with Crippen molar-refractivity contribution in [1.29, 1.82) is 0 Å². The largest absolute Gasteiger partial charge is 0.174 e. The van der Waals surface area contributed by atoms with Crippen LogP contribution in [0, 0.1) is 12.3 Å². The number of allylic oxidation sites excluding steroid dienone is 3. The fourth-order valence-corrected chi connectivity index (χ4v) is 4.81. The van der Waals surface area contributed by atoms with E-state index in [1.807, 2.05) is 37.3 Å². The summed E-state index contributed by atoms with van der Waals surface area (Å²) in [4.78, 5) is 3.53. The van der Waals surface area contributed by atoms with Crippen molar-refractivity contribution in [2.75, 3.05) is 0 Å². The van der Waals surface area contributed by atoms with Gasteiger partial charge in [-0.15, -0.1) is 6.42 Å². The smallest absolute Gasteiger partial charge is 0.115 e. The van der Waals surface area contributed by atoms with E-state index in [1.54, 1.807) is 0 Å². The molecule has 2 aromatic rings. The number of hydrogen-bond acceptors (Lipinski definition) is 0. The van der Waals surface area contributed by atoms with Gasteiger partial charge in [0.1, 0.15) is 10.9 Å². The molecule has 0 radical (unpaired) electrons. The first kappa shape index (κ1) is 17.7. The van der Waals surface area contributed by atoms with Gasteiger partial charge in [-0.2, -0.15) is 0 Å². The molecule has 0 amide bonds. The lowest BCUT2D eigenvalue weighted by atomic mass is 10.1. The minimum absolute atomic E-state index is 0.299. The number of terminal acetylenes is 1. The van der Waals surface area contributed by atoms with Gasteiger partial charge in [-0.3, -0.25) is 0 Å². The molecule has 1 unspecified atom stereocenters. The second-order valence-corrected chi connectivity index (χ2v) is 6.99. The van der Waals surface area contributed by atoms with E-state index in [1.165, 1.54) is 9.79 Å². The summed E-state index contributed by atoms with van der Waals surface area (Å²) in [5.41, 5.74) is 2.18. The average molecular weight is 329 g/mol. The van der Waals surface area contributed by atoms with E-state index in [-0.39, 0.29) is 10.9 Å². The molecule has 0 fully saturated rings. The molecule has 2 aromatic carbocycles. The average Bonchev–Trinajstić information content (AvgIpc) is 2.63. The summed E-state index contributed by atoms with van der Waals surface area (Å²) in [5, 5.41) is 0. The highest BCUT2D eigenvalue weighted by atomic mass is 32.2. The maximum atomic E-state index is 5.59. The third-order valence-corrected chi connectivity index (χ3v) is 5.78. The zero-order valence-electron chi connectivity index (χ0n) is 13.9. The summed E-state index contributed by atoms with van der Waals surface area (Å²) in [6, 6.07) is 16.7. The first-order valence-electron chi connectivity index (χ1n) is 7.73. The normalized spacial score (nSPS) is 12.6. The van der Waals surface area contributed by atoms with Gasteiger partial charge in [0.2, 0.25) is 0 Å². The second-order valence-electron chi connectivity index (χ2n) is 5.00. The third kappa shape index (κ3) is 3.79. The Morgan fingerprint density at radius 1 is 1.04 bits per heavy atom. The van der Waals surface area contributed by atoms with Crippen LogP contribution in [0.3, 0.4) is 0 Å². The zero-order chi connectivity index (χ0) is 17.4. The van der Waals surface area contributed by atoms with E-state index in [0.29, 0.717) is 0 Å². The van der Waals surface area contributed by atoms with Crippen LogP contribution < -0.4 is 0 Å². The Balaban J connectivity index is 2.77. The van der Waals surface area contributed by atoms with Gasteiger partial charge in [0.15, 0.2) is 14.7 Å². The first-order chi connectivity index (χ1) is 11.8. The van der Waals surface area contributed by atoms with Crippen LogP contribution in [0.25, 0.3) is 12.2 Å². The van der Waals surface area contributed by atoms with Gasteiger partial charge in [-0.05, 0) is 36.8 Å². The number of rotatable bonds is 6. The Morgan fingerprint density at radius 3 is 2.38 bits per heavy atom. The van der Waals surface area contributed by atoms with E-state index >= 15 is 0 Å². The Labute approximate surface area is 148 Å². The van der Waals surface area contributed by atoms with E-state index in [0.717, 1.165) is 16.0 Å². The Kier molecular flexibility index (Phi) is 6.49. The van der Waals surface area contributed by atoms with E-state index in [4.69, 9.17) is 6.42 Å². The third-order valence-electron chi connectivity index (χ3n) is 3.51. The molecule has 1 heteroatoms. The fraction of sp³-hybridized carbons (Fsp3) is 0.0435. The Morgan fingerprint density at radius 2 is 1.79 bits per heavy atom. The highest BCUT2D eigenvalue weighted by Gasteiger charge is 2.31. The predicted molar refractivity (Wildman–Crippen MR) is 109 cm³/mol. The Bertz CT molecular complexity index is 817. The number of benzene rings is 2. The molecule has 0 aromatic heterocycles. The van der Waals surface area contributed by atoms with Crippen molar-refractivity contribution in [2.45, 2.75) is 16.7 Å². The summed E-state index contributed by atoms with van der Waals surface area (Å²) in [7, 11) is -0.299. The Hall–Kier alpha value is -2.69. The molecule has 0 aliphatic rings. The van der Waals surface area contributed by atoms with E-state index < -0.39 is 0 Å². The standard InChI is InChI=1S/C23H21S/c1-5-13-20(14-6-2)24(21-16-10-9-11-17-21)23-18-12-15-19(7-3)22(23)8-4/h1,6-18H,3-4H2,2H3/q+1/b14-6-,20-13+. The van der Waals surface area contributed by atoms with Crippen LogP contribution in [-0.2, 0) is 10.9 Å². The molecule has 0 heterocycles. The van der Waals surface area contributed by atoms with Gasteiger partial charge in [0.25, 0.3) is 0 Å². The molecule has 0 bridgehead atoms. The van der Waals surface area contributed by atoms with Crippen LogP contribution >= 0.6 is 0 Å². The van der Waals surface area contributed by atoms with Crippen LogP contribution in [0.2, 0.25) is 0 Å². The van der Waals surface area contributed by atoms with Crippen LogP contribution in [0.15, 0.2) is 94.6 Å². The molecule has 2 rings (SSSR count). The summed E-state index contributed by atoms with van der Waals surface area (Å²) in [6.45, 7) is 9.94. The molecule has 1 atom stereocenters. The van der Waals surface area contributed by atoms with E-state index in [9.17, 15) is 0 Å². The minimum atomic E-state index is -0.299. The summed E-state index contributed by atoms with van der Waals surface area (Å²) < 4.78 is 0. The van der Waals surface area contributed by atoms with Crippen LogP contribution in [0.5, 0.6) is 0 Å². The molecule has 24 heavy (non-hydrogen) atoms. The molecule has 0 N–H and O–H groups in total. The van der Waals surface area contributed by atoms with Crippen molar-refractivity contribution in [3.8, 4) is 12.3 Å². The van der Waals surface area contributed by atoms with Crippen LogP contribution in [-0.4, -0.2) is 0 Å². The molecular weight excluding hydrogens is 308 g/mol. The summed E-state index contributed by atoms with van der Waals surface area (Å²) >= 11 is 0. The molecule has 0 aliphatic heterocycles. The lowest BCUT2D eigenvalue weighted by molar-refractivity contribution is 1.35. The molecule has 0 saturated carbocycles. The zero-order valence-corrected chi connectivity index (χ0v) is 14.7. The topological polar surface area (TPSA) is 0 Å². The second kappa shape index (κ2) is 8.82. The fourth-order valence-electron chi connectivity index (χ4n) is 2.50. The van der Waals surface area contributed by atoms with Crippen molar-refractivity contribution in [3.05, 3.63) is 95.9 Å². The predicted octanol–water partition coefficient (Wildman–Crippen LogP) is 6.10. The first-order valence-corrected chi connectivity index (χ1v) is 8.95. The van der Waals surface area contributed by atoms with Crippen molar-refractivity contribution in [2.24, 2.45) is 0 Å². The highest BCUT2D eigenvalue weighted by Crippen LogP contribution is 2.35. The summed E-state index contributed by atoms with van der Waals surface area (Å²) in [5.74, 6) is 2.69. The monoisotopic (exact) mass is 329 g/mol. The molecule has 0 nitrogen and oxygen atoms in total. The van der Waals surface area contributed by atoms with Crippen molar-refractivity contribution in [3.63, 3.8) is 0 Å².